The number of carbonyl (C=O) groups excluding carboxylic acids is 1. The molecule has 7 heteroatoms. The molecule has 2 aromatic heterocycles. The molecule has 2 rings (SSSR count). The Morgan fingerprint density at radius 2 is 2.00 bits per heavy atom. The van der Waals surface area contributed by atoms with Crippen molar-refractivity contribution >= 4 is 23.5 Å². The molecule has 0 aliphatic carbocycles. The zero-order chi connectivity index (χ0) is 14.9. The van der Waals surface area contributed by atoms with Crippen LogP contribution in [0.5, 0.6) is 0 Å². The number of hydrogen-bond donors (Lipinski definition) is 2. The highest BCUT2D eigenvalue weighted by molar-refractivity contribution is 6.29. The highest BCUT2D eigenvalue weighted by Gasteiger charge is 2.19. The topological polar surface area (TPSA) is 83.6 Å². The molecule has 20 heavy (non-hydrogen) atoms. The van der Waals surface area contributed by atoms with Gasteiger partial charge in [-0.15, -0.1) is 5.10 Å². The third-order valence-electron chi connectivity index (χ3n) is 2.65. The monoisotopic (exact) mass is 293 g/mol. The van der Waals surface area contributed by atoms with E-state index in [4.69, 9.17) is 11.6 Å². The molecular formula is C13H16ClN5O. The summed E-state index contributed by atoms with van der Waals surface area (Å²) in [6.07, 6.45) is 0. The second-order valence-corrected chi connectivity index (χ2v) is 5.90. The average Bonchev–Trinajstić information content (AvgIpc) is 2.72. The summed E-state index contributed by atoms with van der Waals surface area (Å²) in [5, 5.41) is 9.41. The van der Waals surface area contributed by atoms with Crippen LogP contribution in [-0.2, 0) is 5.41 Å². The molecule has 0 spiro atoms. The quantitative estimate of drug-likeness (QED) is 0.834. The van der Waals surface area contributed by atoms with Crippen LogP contribution >= 0.6 is 11.6 Å². The number of aryl methyl sites for hydroxylation is 1. The van der Waals surface area contributed by atoms with Crippen LogP contribution in [0.15, 0.2) is 12.1 Å². The van der Waals surface area contributed by atoms with Gasteiger partial charge in [-0.2, -0.15) is 4.98 Å². The van der Waals surface area contributed by atoms with E-state index in [2.05, 4.69) is 25.5 Å². The number of nitrogens with zero attached hydrogens (tertiary/aromatic N) is 3. The lowest BCUT2D eigenvalue weighted by molar-refractivity contribution is 0.102. The minimum atomic E-state index is -0.321. The third-order valence-corrected chi connectivity index (χ3v) is 2.84. The number of nitrogens with one attached hydrogen (secondary N) is 2. The molecule has 0 bridgehead atoms. The van der Waals surface area contributed by atoms with E-state index in [-0.39, 0.29) is 22.4 Å². The van der Waals surface area contributed by atoms with Crippen LogP contribution < -0.4 is 5.32 Å². The van der Waals surface area contributed by atoms with Crippen LogP contribution in [0.3, 0.4) is 0 Å². The molecule has 0 saturated carbocycles. The van der Waals surface area contributed by atoms with Gasteiger partial charge in [0, 0.05) is 16.7 Å². The molecule has 0 unspecified atom stereocenters. The van der Waals surface area contributed by atoms with Crippen molar-refractivity contribution in [1.82, 2.24) is 20.2 Å². The molecule has 0 aliphatic rings. The summed E-state index contributed by atoms with van der Waals surface area (Å²) in [7, 11) is 0. The SMILES string of the molecule is Cc1nc(NC(=O)c2cc(Cl)nc(C(C)(C)C)c2)n[nH]1. The van der Waals surface area contributed by atoms with Crippen molar-refractivity contribution in [2.45, 2.75) is 33.1 Å². The van der Waals surface area contributed by atoms with Gasteiger partial charge in [-0.3, -0.25) is 15.2 Å². The summed E-state index contributed by atoms with van der Waals surface area (Å²) in [5.41, 5.74) is 0.986. The van der Waals surface area contributed by atoms with Crippen LogP contribution in [0.1, 0.15) is 42.6 Å². The van der Waals surface area contributed by atoms with Crippen molar-refractivity contribution in [2.75, 3.05) is 5.32 Å². The lowest BCUT2D eigenvalue weighted by atomic mass is 9.91. The standard InChI is InChI=1S/C13H16ClN5O/c1-7-15-12(19-18-7)17-11(20)8-5-9(13(2,3)4)16-10(14)6-8/h5-6H,1-4H3,(H2,15,17,18,19,20). The second kappa shape index (κ2) is 5.20. The van der Waals surface area contributed by atoms with Gasteiger partial charge >= 0.3 is 0 Å². The predicted molar refractivity (Wildman–Crippen MR) is 77.0 cm³/mol. The van der Waals surface area contributed by atoms with Crippen LogP contribution in [-0.4, -0.2) is 26.1 Å². The van der Waals surface area contributed by atoms with E-state index >= 15 is 0 Å². The highest BCUT2D eigenvalue weighted by Crippen LogP contribution is 2.23. The number of hydrogen-bond acceptors (Lipinski definition) is 4. The summed E-state index contributed by atoms with van der Waals surface area (Å²) in [4.78, 5) is 20.4. The smallest absolute Gasteiger partial charge is 0.258 e. The molecule has 6 nitrogen and oxygen atoms in total. The maximum atomic E-state index is 12.2. The van der Waals surface area contributed by atoms with E-state index < -0.39 is 0 Å². The fraction of sp³-hybridized carbons (Fsp3) is 0.385. The third kappa shape index (κ3) is 3.33. The van der Waals surface area contributed by atoms with Gasteiger partial charge in [-0.1, -0.05) is 32.4 Å². The van der Waals surface area contributed by atoms with Gasteiger partial charge in [0.05, 0.1) is 0 Å². The lowest BCUT2D eigenvalue weighted by Crippen LogP contribution is -2.18. The molecule has 2 heterocycles. The number of anilines is 1. The molecule has 1 amide bonds. The summed E-state index contributed by atoms with van der Waals surface area (Å²) in [5.74, 6) is 0.542. The Balaban J connectivity index is 2.28. The fourth-order valence-corrected chi connectivity index (χ4v) is 1.79. The number of aromatic amines is 1. The first-order valence-electron chi connectivity index (χ1n) is 6.14. The number of aromatic nitrogens is 4. The van der Waals surface area contributed by atoms with Gasteiger partial charge in [0.2, 0.25) is 5.95 Å². The molecule has 0 saturated heterocycles. The number of carbonyl (C=O) groups is 1. The van der Waals surface area contributed by atoms with Gasteiger partial charge in [0.25, 0.3) is 5.91 Å². The Morgan fingerprint density at radius 1 is 1.30 bits per heavy atom. The molecule has 2 N–H and O–H groups in total. The Bertz CT molecular complexity index is 644. The van der Waals surface area contributed by atoms with Gasteiger partial charge in [0.1, 0.15) is 11.0 Å². The first-order valence-corrected chi connectivity index (χ1v) is 6.52. The minimum absolute atomic E-state index is 0.193. The number of pyridine rings is 1. The predicted octanol–water partition coefficient (Wildman–Crippen LogP) is 2.71. The molecule has 0 fully saturated rings. The van der Waals surface area contributed by atoms with E-state index in [0.29, 0.717) is 11.4 Å². The van der Waals surface area contributed by atoms with Crippen molar-refractivity contribution in [3.05, 3.63) is 34.4 Å². The molecular weight excluding hydrogens is 278 g/mol. The van der Waals surface area contributed by atoms with Crippen LogP contribution in [0.25, 0.3) is 0 Å². The maximum absolute atomic E-state index is 12.2. The minimum Gasteiger partial charge on any atom is -0.289 e. The van der Waals surface area contributed by atoms with E-state index in [1.54, 1.807) is 13.0 Å². The van der Waals surface area contributed by atoms with Crippen LogP contribution in [0.2, 0.25) is 5.15 Å². The molecule has 0 aliphatic heterocycles. The molecule has 106 valence electrons. The molecule has 0 atom stereocenters. The van der Waals surface area contributed by atoms with Crippen molar-refractivity contribution in [2.24, 2.45) is 0 Å². The summed E-state index contributed by atoms with van der Waals surface area (Å²) >= 11 is 5.98. The highest BCUT2D eigenvalue weighted by atomic mass is 35.5. The number of H-pyrrole nitrogens is 1. The number of rotatable bonds is 2. The summed E-state index contributed by atoms with van der Waals surface area (Å²) in [6.45, 7) is 7.77. The number of amides is 1. The Kier molecular flexibility index (Phi) is 3.76. The molecule has 2 aromatic rings. The van der Waals surface area contributed by atoms with Gasteiger partial charge < -0.3 is 0 Å². The average molecular weight is 294 g/mol. The normalized spacial score (nSPS) is 11.4. The van der Waals surface area contributed by atoms with Crippen LogP contribution in [0.4, 0.5) is 5.95 Å². The lowest BCUT2D eigenvalue weighted by Gasteiger charge is -2.18. The van der Waals surface area contributed by atoms with Crippen molar-refractivity contribution in [3.63, 3.8) is 0 Å². The van der Waals surface area contributed by atoms with Crippen LogP contribution in [0, 0.1) is 6.92 Å². The van der Waals surface area contributed by atoms with Crippen molar-refractivity contribution in [3.8, 4) is 0 Å². The van der Waals surface area contributed by atoms with Crippen molar-refractivity contribution < 1.29 is 4.79 Å². The zero-order valence-corrected chi connectivity index (χ0v) is 12.5. The van der Waals surface area contributed by atoms with E-state index in [1.165, 1.54) is 6.07 Å². The fourth-order valence-electron chi connectivity index (χ4n) is 1.58. The van der Waals surface area contributed by atoms with Gasteiger partial charge in [-0.25, -0.2) is 4.98 Å². The Labute approximate surface area is 122 Å². The molecule has 0 aromatic carbocycles. The number of halogens is 1. The first-order chi connectivity index (χ1) is 9.25. The van der Waals surface area contributed by atoms with E-state index in [0.717, 1.165) is 5.69 Å². The Morgan fingerprint density at radius 3 is 2.55 bits per heavy atom. The maximum Gasteiger partial charge on any atom is 0.258 e. The summed E-state index contributed by atoms with van der Waals surface area (Å²) in [6, 6.07) is 3.24. The van der Waals surface area contributed by atoms with Gasteiger partial charge in [-0.05, 0) is 19.1 Å². The Hall–Kier alpha value is -1.95. The largest absolute Gasteiger partial charge is 0.289 e. The second-order valence-electron chi connectivity index (χ2n) is 5.51. The zero-order valence-electron chi connectivity index (χ0n) is 11.8. The molecule has 0 radical (unpaired) electrons. The van der Waals surface area contributed by atoms with E-state index in [1.807, 2.05) is 20.8 Å². The van der Waals surface area contributed by atoms with Gasteiger partial charge in [0.15, 0.2) is 0 Å². The summed E-state index contributed by atoms with van der Waals surface area (Å²) < 4.78 is 0. The van der Waals surface area contributed by atoms with E-state index in [9.17, 15) is 4.79 Å². The first kappa shape index (κ1) is 14.5. The van der Waals surface area contributed by atoms with Crippen molar-refractivity contribution in [1.29, 1.82) is 0 Å².